The van der Waals surface area contributed by atoms with Crippen LogP contribution in [-0.4, -0.2) is 53.1 Å². The fraction of sp³-hybridized carbons (Fsp3) is 0.857. The number of carbonyl (C=O) groups excluding carboxylic acids is 1. The molecule has 1 rings (SSSR count). The molecule has 1 saturated heterocycles. The summed E-state index contributed by atoms with van der Waals surface area (Å²) in [4.78, 5) is 26.6. The Labute approximate surface area is 115 Å². The number of carboxylic acids is 1. The van der Waals surface area contributed by atoms with Gasteiger partial charge in [0.25, 0.3) is 0 Å². The average Bonchev–Trinajstić information content (AvgIpc) is 2.37. The molecule has 1 fully saturated rings. The number of aliphatic carboxylic acids is 1. The molecule has 0 bridgehead atoms. The van der Waals surface area contributed by atoms with Crippen molar-refractivity contribution in [1.82, 2.24) is 9.80 Å². The molecular weight excluding hydrogens is 244 g/mol. The molecule has 0 aliphatic carbocycles. The zero-order chi connectivity index (χ0) is 14.4. The van der Waals surface area contributed by atoms with Crippen LogP contribution in [0.1, 0.15) is 46.0 Å². The maximum absolute atomic E-state index is 12.3. The van der Waals surface area contributed by atoms with Gasteiger partial charge in [-0.1, -0.05) is 13.3 Å². The lowest BCUT2D eigenvalue weighted by molar-refractivity contribution is -0.138. The van der Waals surface area contributed by atoms with Crippen LogP contribution < -0.4 is 0 Å². The van der Waals surface area contributed by atoms with E-state index in [2.05, 4.69) is 13.8 Å². The quantitative estimate of drug-likeness (QED) is 0.834. The minimum Gasteiger partial charge on any atom is -0.481 e. The van der Waals surface area contributed by atoms with E-state index in [0.717, 1.165) is 25.7 Å². The number of hydrogen-bond acceptors (Lipinski definition) is 2. The average molecular weight is 270 g/mol. The number of likely N-dealkylation sites (tertiary alicyclic amines) is 1. The summed E-state index contributed by atoms with van der Waals surface area (Å²) in [6.07, 6.45) is 3.91. The summed E-state index contributed by atoms with van der Waals surface area (Å²) in [6.45, 7) is 5.55. The molecule has 1 unspecified atom stereocenters. The van der Waals surface area contributed by atoms with Crippen molar-refractivity contribution in [3.63, 3.8) is 0 Å². The summed E-state index contributed by atoms with van der Waals surface area (Å²) in [5, 5.41) is 8.77. The molecule has 110 valence electrons. The predicted octanol–water partition coefficient (Wildman–Crippen LogP) is 2.41. The molecule has 0 aromatic carbocycles. The van der Waals surface area contributed by atoms with E-state index in [1.807, 2.05) is 11.9 Å². The molecule has 0 radical (unpaired) electrons. The SMILES string of the molecule is CCCC(C)N(C)C(=O)N1CCC(CC(=O)O)CC1. The first kappa shape index (κ1) is 15.8. The minimum atomic E-state index is -0.738. The van der Waals surface area contributed by atoms with Crippen LogP contribution in [0.5, 0.6) is 0 Å². The summed E-state index contributed by atoms with van der Waals surface area (Å²) >= 11 is 0. The van der Waals surface area contributed by atoms with E-state index in [1.165, 1.54) is 0 Å². The second-order valence-electron chi connectivity index (χ2n) is 5.56. The van der Waals surface area contributed by atoms with Crippen LogP contribution in [0, 0.1) is 5.92 Å². The molecule has 1 heterocycles. The molecule has 0 aromatic heterocycles. The van der Waals surface area contributed by atoms with Gasteiger partial charge in [-0.3, -0.25) is 4.79 Å². The topological polar surface area (TPSA) is 60.9 Å². The summed E-state index contributed by atoms with van der Waals surface area (Å²) in [6, 6.07) is 0.337. The van der Waals surface area contributed by atoms with Gasteiger partial charge in [0.1, 0.15) is 0 Å². The Morgan fingerprint density at radius 1 is 1.37 bits per heavy atom. The van der Waals surface area contributed by atoms with Crippen molar-refractivity contribution in [2.24, 2.45) is 5.92 Å². The largest absolute Gasteiger partial charge is 0.481 e. The van der Waals surface area contributed by atoms with Gasteiger partial charge in [-0.25, -0.2) is 4.79 Å². The highest BCUT2D eigenvalue weighted by molar-refractivity contribution is 5.74. The fourth-order valence-corrected chi connectivity index (χ4v) is 2.60. The Morgan fingerprint density at radius 3 is 2.42 bits per heavy atom. The Morgan fingerprint density at radius 2 is 1.95 bits per heavy atom. The van der Waals surface area contributed by atoms with Crippen LogP contribution in [0.3, 0.4) is 0 Å². The van der Waals surface area contributed by atoms with E-state index >= 15 is 0 Å². The van der Waals surface area contributed by atoms with Crippen molar-refractivity contribution in [2.45, 2.75) is 52.0 Å². The Balaban J connectivity index is 2.42. The van der Waals surface area contributed by atoms with Gasteiger partial charge in [-0.15, -0.1) is 0 Å². The van der Waals surface area contributed by atoms with Gasteiger partial charge >= 0.3 is 12.0 Å². The number of hydrogen-bond donors (Lipinski definition) is 1. The molecule has 0 aromatic rings. The third-order valence-electron chi connectivity index (χ3n) is 4.02. The Kier molecular flexibility index (Phi) is 6.12. The smallest absolute Gasteiger partial charge is 0.319 e. The predicted molar refractivity (Wildman–Crippen MR) is 74.1 cm³/mol. The highest BCUT2D eigenvalue weighted by Gasteiger charge is 2.27. The van der Waals surface area contributed by atoms with Crippen molar-refractivity contribution in [3.8, 4) is 0 Å². The van der Waals surface area contributed by atoms with Crippen LogP contribution in [0.4, 0.5) is 4.79 Å². The highest BCUT2D eigenvalue weighted by Crippen LogP contribution is 2.21. The third-order valence-corrected chi connectivity index (χ3v) is 4.02. The van der Waals surface area contributed by atoms with Gasteiger partial charge in [0, 0.05) is 32.6 Å². The first-order valence-corrected chi connectivity index (χ1v) is 7.19. The summed E-state index contributed by atoms with van der Waals surface area (Å²) in [5.41, 5.74) is 0. The normalized spacial score (nSPS) is 18.2. The van der Waals surface area contributed by atoms with Crippen molar-refractivity contribution >= 4 is 12.0 Å². The second-order valence-corrected chi connectivity index (χ2v) is 5.56. The Hall–Kier alpha value is -1.26. The van der Waals surface area contributed by atoms with Crippen LogP contribution in [0.15, 0.2) is 0 Å². The minimum absolute atomic E-state index is 0.0784. The van der Waals surface area contributed by atoms with Crippen molar-refractivity contribution in [1.29, 1.82) is 0 Å². The number of amides is 2. The zero-order valence-corrected chi connectivity index (χ0v) is 12.3. The van der Waals surface area contributed by atoms with E-state index in [4.69, 9.17) is 5.11 Å². The van der Waals surface area contributed by atoms with Gasteiger partial charge in [-0.2, -0.15) is 0 Å². The lowest BCUT2D eigenvalue weighted by Crippen LogP contribution is -2.48. The van der Waals surface area contributed by atoms with Gasteiger partial charge in [0.15, 0.2) is 0 Å². The van der Waals surface area contributed by atoms with Gasteiger partial charge in [-0.05, 0) is 32.1 Å². The van der Waals surface area contributed by atoms with E-state index < -0.39 is 5.97 Å². The molecule has 5 heteroatoms. The van der Waals surface area contributed by atoms with Gasteiger partial charge in [0.2, 0.25) is 0 Å². The van der Waals surface area contributed by atoms with Crippen molar-refractivity contribution < 1.29 is 14.7 Å². The molecule has 19 heavy (non-hydrogen) atoms. The lowest BCUT2D eigenvalue weighted by Gasteiger charge is -2.36. The molecule has 0 saturated carbocycles. The number of rotatable bonds is 5. The van der Waals surface area contributed by atoms with Crippen LogP contribution in [0.2, 0.25) is 0 Å². The third kappa shape index (κ3) is 4.73. The standard InChI is InChI=1S/C14H26N2O3/c1-4-5-11(2)15(3)14(19)16-8-6-12(7-9-16)10-13(17)18/h11-12H,4-10H2,1-3H3,(H,17,18). The van der Waals surface area contributed by atoms with Crippen LogP contribution in [0.25, 0.3) is 0 Å². The van der Waals surface area contributed by atoms with Crippen LogP contribution >= 0.6 is 0 Å². The van der Waals surface area contributed by atoms with E-state index in [-0.39, 0.29) is 24.4 Å². The number of piperidine rings is 1. The second kappa shape index (κ2) is 7.36. The monoisotopic (exact) mass is 270 g/mol. The number of nitrogens with zero attached hydrogens (tertiary/aromatic N) is 2. The molecule has 1 atom stereocenters. The zero-order valence-electron chi connectivity index (χ0n) is 12.3. The first-order chi connectivity index (χ1) is 8.95. The first-order valence-electron chi connectivity index (χ1n) is 7.19. The molecule has 1 aliphatic heterocycles. The molecule has 1 N–H and O–H groups in total. The lowest BCUT2D eigenvalue weighted by atomic mass is 9.94. The van der Waals surface area contributed by atoms with Gasteiger partial charge < -0.3 is 14.9 Å². The maximum atomic E-state index is 12.3. The molecule has 2 amide bonds. The molecule has 1 aliphatic rings. The van der Waals surface area contributed by atoms with E-state index in [1.54, 1.807) is 4.90 Å². The Bertz CT molecular complexity index is 312. The van der Waals surface area contributed by atoms with E-state index in [0.29, 0.717) is 13.1 Å². The number of carboxylic acid groups (broad SMARTS) is 1. The van der Waals surface area contributed by atoms with Crippen molar-refractivity contribution in [2.75, 3.05) is 20.1 Å². The van der Waals surface area contributed by atoms with E-state index in [9.17, 15) is 9.59 Å². The summed E-state index contributed by atoms with van der Waals surface area (Å²) in [7, 11) is 1.85. The van der Waals surface area contributed by atoms with Crippen LogP contribution in [-0.2, 0) is 4.79 Å². The summed E-state index contributed by atoms with van der Waals surface area (Å²) in [5.74, 6) is -0.515. The number of urea groups is 1. The molecule has 0 spiro atoms. The molecular formula is C14H26N2O3. The van der Waals surface area contributed by atoms with Gasteiger partial charge in [0.05, 0.1) is 0 Å². The van der Waals surface area contributed by atoms with Crippen molar-refractivity contribution in [3.05, 3.63) is 0 Å². The molecule has 5 nitrogen and oxygen atoms in total. The highest BCUT2D eigenvalue weighted by atomic mass is 16.4. The summed E-state index contributed by atoms with van der Waals surface area (Å²) < 4.78 is 0. The maximum Gasteiger partial charge on any atom is 0.319 e. The fourth-order valence-electron chi connectivity index (χ4n) is 2.60. The number of carbonyl (C=O) groups is 2.